The molecule has 0 radical (unpaired) electrons. The maximum atomic E-state index is 8.84. The van der Waals surface area contributed by atoms with E-state index in [0.29, 0.717) is 39.6 Å². The van der Waals surface area contributed by atoms with Gasteiger partial charge in [0.25, 0.3) is 0 Å². The van der Waals surface area contributed by atoms with Gasteiger partial charge >= 0.3 is 0 Å². The van der Waals surface area contributed by atoms with Crippen LogP contribution in [0.25, 0.3) is 0 Å². The Morgan fingerprint density at radius 3 is 1.89 bits per heavy atom. The molecular formula is C21H35NO5. The zero-order valence-corrected chi connectivity index (χ0v) is 16.7. The number of rotatable bonds is 16. The second-order valence-corrected chi connectivity index (χ2v) is 6.25. The minimum atomic E-state index is 0.0329. The topological polar surface area (TPSA) is 71.4 Å². The summed E-state index contributed by atoms with van der Waals surface area (Å²) in [7, 11) is 0. The lowest BCUT2D eigenvalue weighted by Gasteiger charge is -2.25. The Hall–Kier alpha value is -1.44. The number of ether oxygens (including phenoxy) is 3. The molecule has 0 aromatic heterocycles. The van der Waals surface area contributed by atoms with Crippen molar-refractivity contribution in [2.45, 2.75) is 20.3 Å². The third-order valence-electron chi connectivity index (χ3n) is 4.13. The Morgan fingerprint density at radius 2 is 1.37 bits per heavy atom. The van der Waals surface area contributed by atoms with Crippen molar-refractivity contribution in [1.29, 1.82) is 0 Å². The predicted molar refractivity (Wildman–Crippen MR) is 108 cm³/mol. The Bertz CT molecular complexity index is 504. The Labute approximate surface area is 163 Å². The first-order valence-electron chi connectivity index (χ1n) is 9.62. The van der Waals surface area contributed by atoms with Gasteiger partial charge in [0.15, 0.2) is 0 Å². The van der Waals surface area contributed by atoms with Gasteiger partial charge in [0.05, 0.1) is 52.9 Å². The van der Waals surface area contributed by atoms with Crippen molar-refractivity contribution in [2.75, 3.05) is 70.8 Å². The van der Waals surface area contributed by atoms with Crippen LogP contribution in [-0.4, -0.2) is 76.2 Å². The highest BCUT2D eigenvalue weighted by atomic mass is 16.5. The van der Waals surface area contributed by atoms with Gasteiger partial charge in [-0.15, -0.1) is 0 Å². The first kappa shape index (κ1) is 23.6. The largest absolute Gasteiger partial charge is 0.394 e. The van der Waals surface area contributed by atoms with Crippen molar-refractivity contribution < 1.29 is 24.4 Å². The number of hydrogen-bond donors (Lipinski definition) is 2. The molecule has 0 aliphatic heterocycles. The molecule has 27 heavy (non-hydrogen) atoms. The molecule has 154 valence electrons. The van der Waals surface area contributed by atoms with Crippen molar-refractivity contribution in [3.05, 3.63) is 41.5 Å². The highest BCUT2D eigenvalue weighted by Crippen LogP contribution is 2.17. The summed E-state index contributed by atoms with van der Waals surface area (Å²) in [5.41, 5.74) is 3.78. The van der Waals surface area contributed by atoms with Gasteiger partial charge in [-0.3, -0.25) is 0 Å². The fraction of sp³-hybridized carbons (Fsp3) is 0.619. The molecule has 2 N–H and O–H groups in total. The molecule has 0 atom stereocenters. The average Bonchev–Trinajstić information content (AvgIpc) is 2.69. The average molecular weight is 382 g/mol. The summed E-state index contributed by atoms with van der Waals surface area (Å²) >= 11 is 0. The highest BCUT2D eigenvalue weighted by Gasteiger charge is 2.07. The van der Waals surface area contributed by atoms with Gasteiger partial charge < -0.3 is 29.3 Å². The van der Waals surface area contributed by atoms with Crippen LogP contribution in [0.5, 0.6) is 0 Å². The van der Waals surface area contributed by atoms with E-state index in [1.54, 1.807) is 0 Å². The smallest absolute Gasteiger partial charge is 0.0701 e. The van der Waals surface area contributed by atoms with Gasteiger partial charge in [0.1, 0.15) is 0 Å². The van der Waals surface area contributed by atoms with Crippen molar-refractivity contribution in [1.82, 2.24) is 0 Å². The minimum absolute atomic E-state index is 0.0329. The Morgan fingerprint density at radius 1 is 0.852 bits per heavy atom. The SMILES string of the molecule is CC=C(C)Cc1ccc(N(CCOCCO)CCOCCOCCO)cc1. The van der Waals surface area contributed by atoms with Crippen LogP contribution >= 0.6 is 0 Å². The first-order chi connectivity index (χ1) is 13.2. The molecule has 1 aromatic carbocycles. The molecule has 1 rings (SSSR count). The molecule has 0 saturated heterocycles. The summed E-state index contributed by atoms with van der Waals surface area (Å²) in [6.07, 6.45) is 3.10. The molecule has 6 nitrogen and oxygen atoms in total. The zero-order valence-electron chi connectivity index (χ0n) is 16.7. The van der Waals surface area contributed by atoms with Crippen molar-refractivity contribution >= 4 is 5.69 Å². The number of allylic oxidation sites excluding steroid dienone is 2. The van der Waals surface area contributed by atoms with E-state index >= 15 is 0 Å². The van der Waals surface area contributed by atoms with Crippen LogP contribution in [0.15, 0.2) is 35.9 Å². The molecule has 1 aromatic rings. The van der Waals surface area contributed by atoms with E-state index in [1.807, 2.05) is 0 Å². The van der Waals surface area contributed by atoms with Crippen LogP contribution in [-0.2, 0) is 20.6 Å². The fourth-order valence-corrected chi connectivity index (χ4v) is 2.52. The lowest BCUT2D eigenvalue weighted by atomic mass is 10.1. The monoisotopic (exact) mass is 381 g/mol. The van der Waals surface area contributed by atoms with E-state index in [9.17, 15) is 0 Å². The molecule has 0 heterocycles. The number of aliphatic hydroxyl groups excluding tert-OH is 2. The molecule has 6 heteroatoms. The maximum absolute atomic E-state index is 8.84. The van der Waals surface area contributed by atoms with E-state index in [-0.39, 0.29) is 13.2 Å². The van der Waals surface area contributed by atoms with Gasteiger partial charge in [-0.1, -0.05) is 23.8 Å². The predicted octanol–water partition coefficient (Wildman–Crippen LogP) is 2.04. The van der Waals surface area contributed by atoms with Crippen LogP contribution in [0.3, 0.4) is 0 Å². The lowest BCUT2D eigenvalue weighted by Crippen LogP contribution is -2.31. The quantitative estimate of drug-likeness (QED) is 0.337. The number of anilines is 1. The van der Waals surface area contributed by atoms with Gasteiger partial charge in [-0.05, 0) is 38.0 Å². The maximum Gasteiger partial charge on any atom is 0.0701 e. The normalized spacial score (nSPS) is 11.8. The zero-order chi connectivity index (χ0) is 19.7. The van der Waals surface area contributed by atoms with Crippen LogP contribution in [0.4, 0.5) is 5.69 Å². The lowest BCUT2D eigenvalue weighted by molar-refractivity contribution is 0.0347. The van der Waals surface area contributed by atoms with Gasteiger partial charge in [0, 0.05) is 18.8 Å². The van der Waals surface area contributed by atoms with Gasteiger partial charge in [-0.25, -0.2) is 0 Å². The number of aliphatic hydroxyl groups is 2. The molecule has 0 spiro atoms. The molecule has 0 saturated carbocycles. The van der Waals surface area contributed by atoms with E-state index < -0.39 is 0 Å². The molecule has 0 unspecified atom stereocenters. The van der Waals surface area contributed by atoms with Crippen molar-refractivity contribution in [2.24, 2.45) is 0 Å². The summed E-state index contributed by atoms with van der Waals surface area (Å²) < 4.78 is 16.2. The van der Waals surface area contributed by atoms with Gasteiger partial charge in [0.2, 0.25) is 0 Å². The summed E-state index contributed by atoms with van der Waals surface area (Å²) in [5.74, 6) is 0. The molecule has 0 amide bonds. The molecular weight excluding hydrogens is 346 g/mol. The fourth-order valence-electron chi connectivity index (χ4n) is 2.52. The molecule has 0 fully saturated rings. The summed E-state index contributed by atoms with van der Waals surface area (Å²) in [4.78, 5) is 2.22. The Balaban J connectivity index is 2.51. The molecule has 0 aliphatic carbocycles. The van der Waals surface area contributed by atoms with Crippen LogP contribution in [0, 0.1) is 0 Å². The van der Waals surface area contributed by atoms with E-state index in [4.69, 9.17) is 24.4 Å². The van der Waals surface area contributed by atoms with Gasteiger partial charge in [-0.2, -0.15) is 0 Å². The van der Waals surface area contributed by atoms with Crippen LogP contribution in [0.1, 0.15) is 19.4 Å². The number of benzene rings is 1. The second kappa shape index (κ2) is 15.6. The number of hydrogen-bond acceptors (Lipinski definition) is 6. The Kier molecular flexibility index (Phi) is 13.6. The van der Waals surface area contributed by atoms with Crippen molar-refractivity contribution in [3.63, 3.8) is 0 Å². The summed E-state index contributed by atoms with van der Waals surface area (Å²) in [6, 6.07) is 8.59. The minimum Gasteiger partial charge on any atom is -0.394 e. The molecule has 0 aliphatic rings. The van der Waals surface area contributed by atoms with E-state index in [0.717, 1.165) is 25.2 Å². The molecule has 0 bridgehead atoms. The standard InChI is InChI=1S/C21H35NO5/c1-3-19(2)18-20-4-6-21(7-5-20)22(8-12-25-14-10-23)9-13-26-16-17-27-15-11-24/h3-7,23-24H,8-18H2,1-2H3. The third kappa shape index (κ3) is 11.1. The number of nitrogens with zero attached hydrogens (tertiary/aromatic N) is 1. The highest BCUT2D eigenvalue weighted by molar-refractivity contribution is 5.48. The second-order valence-electron chi connectivity index (χ2n) is 6.25. The van der Waals surface area contributed by atoms with Crippen molar-refractivity contribution in [3.8, 4) is 0 Å². The summed E-state index contributed by atoms with van der Waals surface area (Å²) in [6.45, 7) is 8.59. The first-order valence-corrected chi connectivity index (χ1v) is 9.62. The van der Waals surface area contributed by atoms with E-state index in [2.05, 4.69) is 49.1 Å². The van der Waals surface area contributed by atoms with E-state index in [1.165, 1.54) is 11.1 Å². The van der Waals surface area contributed by atoms with Crippen LogP contribution < -0.4 is 4.90 Å². The third-order valence-corrected chi connectivity index (χ3v) is 4.13. The van der Waals surface area contributed by atoms with Crippen LogP contribution in [0.2, 0.25) is 0 Å². The summed E-state index contributed by atoms with van der Waals surface area (Å²) in [5, 5.41) is 17.5.